The Kier molecular flexibility index (Phi) is 5.38. The van der Waals surface area contributed by atoms with Crippen LogP contribution in [0, 0.1) is 15.6 Å². The summed E-state index contributed by atoms with van der Waals surface area (Å²) in [4.78, 5) is 17.1. The Morgan fingerprint density at radius 2 is 1.92 bits per heavy atom. The highest BCUT2D eigenvalue weighted by atomic mass is 32.2. The van der Waals surface area contributed by atoms with E-state index < -0.39 is 63.2 Å². The maximum Gasteiger partial charge on any atom is 0.420 e. The highest BCUT2D eigenvalue weighted by molar-refractivity contribution is 7.91. The first-order chi connectivity index (χ1) is 16.5. The first-order valence-electron chi connectivity index (χ1n) is 11.6. The molecule has 0 saturated heterocycles. The zero-order chi connectivity index (χ0) is 26.3. The average molecular weight is 532 g/mol. The van der Waals surface area contributed by atoms with Gasteiger partial charge >= 0.3 is 6.18 Å². The predicted octanol–water partition coefficient (Wildman–Crippen LogP) is 5.68. The lowest BCUT2D eigenvalue weighted by atomic mass is 9.67. The Hall–Kier alpha value is -2.57. The fourth-order valence-electron chi connectivity index (χ4n) is 5.72. The van der Waals surface area contributed by atoms with Crippen LogP contribution in [0.1, 0.15) is 73.1 Å². The molecule has 3 aliphatic carbocycles. The van der Waals surface area contributed by atoms with Crippen LogP contribution < -0.4 is 5.32 Å². The summed E-state index contributed by atoms with van der Waals surface area (Å²) in [7, 11) is -3.24. The van der Waals surface area contributed by atoms with Crippen LogP contribution in [0.4, 0.5) is 27.6 Å². The van der Waals surface area contributed by atoms with Gasteiger partial charge < -0.3 is 5.32 Å². The molecule has 7 nitrogen and oxygen atoms in total. The lowest BCUT2D eigenvalue weighted by molar-refractivity contribution is -0.160. The van der Waals surface area contributed by atoms with Gasteiger partial charge in [0.05, 0.1) is 15.4 Å². The SMILES string of the molecule is CC1(Cn2nc(C3CC4(CC4)C3)c(C(F)(F)F)c2C(=O)Nc2ccnc(S(C)(=N)=O)c2)CC(F)(F)C1. The molecule has 2 heterocycles. The van der Waals surface area contributed by atoms with Crippen molar-refractivity contribution in [3.05, 3.63) is 35.3 Å². The van der Waals surface area contributed by atoms with Crippen molar-refractivity contribution in [3.8, 4) is 0 Å². The molecule has 0 radical (unpaired) electrons. The summed E-state index contributed by atoms with van der Waals surface area (Å²) < 4.78 is 91.1. The number of nitrogens with zero attached hydrogens (tertiary/aromatic N) is 3. The van der Waals surface area contributed by atoms with Crippen LogP contribution in [0.15, 0.2) is 23.4 Å². The van der Waals surface area contributed by atoms with Crippen molar-refractivity contribution in [2.24, 2.45) is 10.8 Å². The van der Waals surface area contributed by atoms with E-state index in [2.05, 4.69) is 15.4 Å². The minimum atomic E-state index is -4.89. The molecule has 1 unspecified atom stereocenters. The van der Waals surface area contributed by atoms with Crippen LogP contribution in [-0.4, -0.2) is 37.1 Å². The minimum Gasteiger partial charge on any atom is -0.320 e. The van der Waals surface area contributed by atoms with E-state index in [1.807, 2.05) is 0 Å². The molecule has 1 spiro atoms. The van der Waals surface area contributed by atoms with Crippen LogP contribution in [0.5, 0.6) is 0 Å². The van der Waals surface area contributed by atoms with Gasteiger partial charge in [0.15, 0.2) is 0 Å². The minimum absolute atomic E-state index is 0.0104. The number of halogens is 5. The van der Waals surface area contributed by atoms with E-state index >= 15 is 0 Å². The van der Waals surface area contributed by atoms with Crippen molar-refractivity contribution in [3.63, 3.8) is 0 Å². The molecule has 1 amide bonds. The Morgan fingerprint density at radius 1 is 1.28 bits per heavy atom. The molecule has 3 saturated carbocycles. The highest BCUT2D eigenvalue weighted by Gasteiger charge is 2.57. The smallest absolute Gasteiger partial charge is 0.320 e. The predicted molar refractivity (Wildman–Crippen MR) is 120 cm³/mol. The van der Waals surface area contributed by atoms with Crippen molar-refractivity contribution >= 4 is 21.3 Å². The van der Waals surface area contributed by atoms with E-state index in [4.69, 9.17) is 4.78 Å². The average Bonchev–Trinajstić information content (AvgIpc) is 3.39. The van der Waals surface area contributed by atoms with Gasteiger partial charge in [0.2, 0.25) is 5.92 Å². The molecule has 1 atom stereocenters. The maximum absolute atomic E-state index is 14.4. The van der Waals surface area contributed by atoms with Gasteiger partial charge in [-0.2, -0.15) is 18.3 Å². The number of hydrogen-bond donors (Lipinski definition) is 2. The Labute approximate surface area is 204 Å². The van der Waals surface area contributed by atoms with E-state index in [0.29, 0.717) is 12.8 Å². The Bertz CT molecular complexity index is 1330. The zero-order valence-electron chi connectivity index (χ0n) is 19.7. The molecule has 2 N–H and O–H groups in total. The molecule has 13 heteroatoms. The van der Waals surface area contributed by atoms with Crippen molar-refractivity contribution in [1.82, 2.24) is 14.8 Å². The van der Waals surface area contributed by atoms with E-state index in [0.717, 1.165) is 23.8 Å². The standard InChI is InChI=1S/C23H26F5N5O2S/c1-20(10-22(24,25)11-20)12-33-18(19(34)31-14-3-6-30-15(7-14)36(2,29)35)16(23(26,27)28)17(32-33)13-8-21(9-13)4-5-21/h3,6-7,13,29H,4-5,8-12H2,1-2H3,(H,30,31,34). The van der Waals surface area contributed by atoms with Crippen LogP contribution in [0.3, 0.4) is 0 Å². The van der Waals surface area contributed by atoms with Gasteiger partial charge in [0.1, 0.15) is 16.3 Å². The molecular formula is C23H26F5N5O2S. The first kappa shape index (κ1) is 25.1. The Morgan fingerprint density at radius 3 is 2.44 bits per heavy atom. The van der Waals surface area contributed by atoms with Crippen molar-refractivity contribution < 1.29 is 31.0 Å². The largest absolute Gasteiger partial charge is 0.420 e. The van der Waals surface area contributed by atoms with E-state index in [9.17, 15) is 31.0 Å². The van der Waals surface area contributed by atoms with Crippen LogP contribution >= 0.6 is 0 Å². The number of carbonyl (C=O) groups is 1. The molecule has 0 aliphatic heterocycles. The normalized spacial score (nSPS) is 23.4. The number of alkyl halides is 5. The van der Waals surface area contributed by atoms with Gasteiger partial charge in [-0.25, -0.2) is 22.8 Å². The van der Waals surface area contributed by atoms with Gasteiger partial charge in [-0.3, -0.25) is 9.48 Å². The van der Waals surface area contributed by atoms with Crippen molar-refractivity contribution in [2.75, 3.05) is 11.6 Å². The van der Waals surface area contributed by atoms with E-state index in [1.54, 1.807) is 6.92 Å². The maximum atomic E-state index is 14.4. The molecule has 5 rings (SSSR count). The number of carbonyl (C=O) groups excluding carboxylic acids is 1. The summed E-state index contributed by atoms with van der Waals surface area (Å²) >= 11 is 0. The Balaban J connectivity index is 1.54. The van der Waals surface area contributed by atoms with Crippen molar-refractivity contribution in [2.45, 2.75) is 75.0 Å². The third-order valence-corrected chi connectivity index (χ3v) is 8.50. The van der Waals surface area contributed by atoms with Crippen LogP contribution in [-0.2, 0) is 22.5 Å². The number of pyridine rings is 1. The quantitative estimate of drug-likeness (QED) is 0.469. The molecule has 3 fully saturated rings. The van der Waals surface area contributed by atoms with Crippen LogP contribution in [0.25, 0.3) is 0 Å². The molecular weight excluding hydrogens is 505 g/mol. The van der Waals surface area contributed by atoms with Gasteiger partial charge in [0, 0.05) is 43.4 Å². The number of rotatable bonds is 6. The first-order valence-corrected chi connectivity index (χ1v) is 13.5. The second kappa shape index (κ2) is 7.72. The van der Waals surface area contributed by atoms with Crippen LogP contribution in [0.2, 0.25) is 0 Å². The number of anilines is 1. The van der Waals surface area contributed by atoms with E-state index in [-0.39, 0.29) is 28.4 Å². The van der Waals surface area contributed by atoms with Gasteiger partial charge in [0.25, 0.3) is 5.91 Å². The molecule has 0 bridgehead atoms. The molecule has 2 aromatic rings. The van der Waals surface area contributed by atoms with E-state index in [1.165, 1.54) is 18.3 Å². The lowest BCUT2D eigenvalue weighted by Gasteiger charge is -2.44. The summed E-state index contributed by atoms with van der Waals surface area (Å²) in [6.07, 6.45) is -0.531. The monoisotopic (exact) mass is 531 g/mol. The molecule has 36 heavy (non-hydrogen) atoms. The van der Waals surface area contributed by atoms with Crippen molar-refractivity contribution in [1.29, 1.82) is 4.78 Å². The van der Waals surface area contributed by atoms with Gasteiger partial charge in [-0.05, 0) is 48.6 Å². The number of nitrogens with one attached hydrogen (secondary N) is 2. The third kappa shape index (κ3) is 4.61. The topological polar surface area (TPSA) is 101 Å². The number of hydrogen-bond acceptors (Lipinski definition) is 5. The molecule has 3 aliphatic rings. The zero-order valence-corrected chi connectivity index (χ0v) is 20.5. The summed E-state index contributed by atoms with van der Waals surface area (Å²) in [6.45, 7) is 1.29. The summed E-state index contributed by atoms with van der Waals surface area (Å²) in [5, 5.41) is 6.47. The molecule has 2 aromatic heterocycles. The fraction of sp³-hybridized carbons (Fsp3) is 0.609. The number of amides is 1. The second-order valence-electron chi connectivity index (χ2n) is 11.1. The summed E-state index contributed by atoms with van der Waals surface area (Å²) in [5.41, 5.74) is -2.99. The third-order valence-electron chi connectivity index (χ3n) is 7.47. The fourth-order valence-corrected chi connectivity index (χ4v) is 6.33. The highest BCUT2D eigenvalue weighted by Crippen LogP contribution is 2.66. The molecule has 196 valence electrons. The van der Waals surface area contributed by atoms with Gasteiger partial charge in [-0.1, -0.05) is 6.92 Å². The van der Waals surface area contributed by atoms with Gasteiger partial charge in [-0.15, -0.1) is 0 Å². The number of aromatic nitrogens is 3. The summed E-state index contributed by atoms with van der Waals surface area (Å²) in [5.74, 6) is -4.46. The lowest BCUT2D eigenvalue weighted by Crippen LogP contribution is -2.47. The second-order valence-corrected chi connectivity index (χ2v) is 13.2. The summed E-state index contributed by atoms with van der Waals surface area (Å²) in [6, 6.07) is 2.47. The molecule has 0 aromatic carbocycles.